The molecule has 0 aromatic heterocycles. The van der Waals surface area contributed by atoms with Gasteiger partial charge in [0.15, 0.2) is 6.29 Å². The molecule has 0 aliphatic heterocycles. The van der Waals surface area contributed by atoms with Gasteiger partial charge < -0.3 is 9.47 Å². The third-order valence-electron chi connectivity index (χ3n) is 1.21. The minimum absolute atomic E-state index is 0.0266. The van der Waals surface area contributed by atoms with E-state index in [4.69, 9.17) is 0 Å². The number of alkyl halides is 4. The Labute approximate surface area is 73.8 Å². The summed E-state index contributed by atoms with van der Waals surface area (Å²) in [7, 11) is 0. The van der Waals surface area contributed by atoms with Crippen molar-refractivity contribution in [2.45, 2.75) is 32.5 Å². The number of rotatable bonds is 5. The smallest absolute Gasteiger partial charge is 0.350 e. The molecule has 1 atom stereocenters. The number of halogens is 4. The van der Waals surface area contributed by atoms with Gasteiger partial charge in [0, 0.05) is 13.2 Å². The van der Waals surface area contributed by atoms with Crippen LogP contribution >= 0.6 is 0 Å². The zero-order chi connectivity index (χ0) is 10.5. The van der Waals surface area contributed by atoms with E-state index in [1.807, 2.05) is 0 Å². The maximum absolute atomic E-state index is 12.6. The van der Waals surface area contributed by atoms with Crippen LogP contribution in [0.5, 0.6) is 0 Å². The van der Waals surface area contributed by atoms with Gasteiger partial charge in [0.2, 0.25) is 6.17 Å². The molecular formula is C7H12F4O2. The molecule has 2 nitrogen and oxygen atoms in total. The first kappa shape index (κ1) is 12.6. The van der Waals surface area contributed by atoms with Gasteiger partial charge in [0.1, 0.15) is 0 Å². The molecule has 0 aliphatic rings. The molecule has 0 rings (SSSR count). The molecule has 0 amide bonds. The van der Waals surface area contributed by atoms with Gasteiger partial charge in [0.05, 0.1) is 0 Å². The molecule has 13 heavy (non-hydrogen) atoms. The van der Waals surface area contributed by atoms with Crippen molar-refractivity contribution in [1.82, 2.24) is 0 Å². The second kappa shape index (κ2) is 5.39. The van der Waals surface area contributed by atoms with Gasteiger partial charge >= 0.3 is 6.18 Å². The molecule has 0 aromatic carbocycles. The second-order valence-electron chi connectivity index (χ2n) is 2.22. The lowest BCUT2D eigenvalue weighted by molar-refractivity contribution is -0.266. The first-order valence-electron chi connectivity index (χ1n) is 3.87. The third-order valence-corrected chi connectivity index (χ3v) is 1.21. The van der Waals surface area contributed by atoms with Crippen LogP contribution in [0.15, 0.2) is 0 Å². The van der Waals surface area contributed by atoms with Gasteiger partial charge in [-0.1, -0.05) is 0 Å². The summed E-state index contributed by atoms with van der Waals surface area (Å²) in [4.78, 5) is 0. The number of ether oxygens (including phenoxy) is 2. The van der Waals surface area contributed by atoms with E-state index in [2.05, 4.69) is 9.47 Å². The minimum atomic E-state index is -4.94. The topological polar surface area (TPSA) is 18.5 Å². The van der Waals surface area contributed by atoms with Crippen molar-refractivity contribution in [3.63, 3.8) is 0 Å². The number of hydrogen-bond acceptors (Lipinski definition) is 2. The summed E-state index contributed by atoms with van der Waals surface area (Å²) < 4.78 is 56.9. The maximum atomic E-state index is 12.6. The predicted octanol–water partition coefficient (Wildman–Crippen LogP) is 2.29. The molecule has 0 bridgehead atoms. The molecule has 0 heterocycles. The van der Waals surface area contributed by atoms with Gasteiger partial charge in [-0.05, 0) is 13.8 Å². The fourth-order valence-electron chi connectivity index (χ4n) is 0.700. The summed E-state index contributed by atoms with van der Waals surface area (Å²) in [5.41, 5.74) is 0. The molecule has 0 N–H and O–H groups in total. The minimum Gasteiger partial charge on any atom is -0.350 e. The lowest BCUT2D eigenvalue weighted by atomic mass is 10.3. The molecule has 0 aromatic rings. The highest BCUT2D eigenvalue weighted by molar-refractivity contribution is 4.69. The van der Waals surface area contributed by atoms with Crippen molar-refractivity contribution in [2.24, 2.45) is 0 Å². The molecule has 0 saturated carbocycles. The van der Waals surface area contributed by atoms with Crippen LogP contribution in [0.1, 0.15) is 13.8 Å². The molecular weight excluding hydrogens is 192 g/mol. The Kier molecular flexibility index (Phi) is 5.24. The molecule has 0 spiro atoms. The highest BCUT2D eigenvalue weighted by Crippen LogP contribution is 2.27. The Balaban J connectivity index is 4.18. The van der Waals surface area contributed by atoms with Crippen molar-refractivity contribution < 1.29 is 27.0 Å². The highest BCUT2D eigenvalue weighted by atomic mass is 19.4. The fourth-order valence-corrected chi connectivity index (χ4v) is 0.700. The molecule has 0 radical (unpaired) electrons. The van der Waals surface area contributed by atoms with Crippen LogP contribution in [0.3, 0.4) is 0 Å². The van der Waals surface area contributed by atoms with Gasteiger partial charge in [0.25, 0.3) is 0 Å². The van der Waals surface area contributed by atoms with Crippen LogP contribution in [-0.2, 0) is 9.47 Å². The Morgan fingerprint density at radius 3 is 1.69 bits per heavy atom. The van der Waals surface area contributed by atoms with Crippen LogP contribution in [0.4, 0.5) is 17.6 Å². The predicted molar refractivity (Wildman–Crippen MR) is 38.0 cm³/mol. The average molecular weight is 204 g/mol. The van der Waals surface area contributed by atoms with Crippen LogP contribution in [0.2, 0.25) is 0 Å². The van der Waals surface area contributed by atoms with Crippen LogP contribution in [0.25, 0.3) is 0 Å². The first-order chi connectivity index (χ1) is 5.93. The second-order valence-corrected chi connectivity index (χ2v) is 2.22. The van der Waals surface area contributed by atoms with Crippen molar-refractivity contribution in [1.29, 1.82) is 0 Å². The zero-order valence-electron chi connectivity index (χ0n) is 7.40. The summed E-state index contributed by atoms with van der Waals surface area (Å²) >= 11 is 0. The van der Waals surface area contributed by atoms with Crippen molar-refractivity contribution >= 4 is 0 Å². The Hall–Kier alpha value is -0.360. The highest BCUT2D eigenvalue weighted by Gasteiger charge is 2.46. The summed E-state index contributed by atoms with van der Waals surface area (Å²) in [6, 6.07) is 0. The van der Waals surface area contributed by atoms with Crippen LogP contribution in [0, 0.1) is 0 Å². The van der Waals surface area contributed by atoms with Crippen molar-refractivity contribution in [3.8, 4) is 0 Å². The van der Waals surface area contributed by atoms with Gasteiger partial charge in [-0.15, -0.1) is 0 Å². The lowest BCUT2D eigenvalue weighted by Gasteiger charge is -2.22. The summed E-state index contributed by atoms with van der Waals surface area (Å²) in [6.07, 6.45) is -9.88. The van der Waals surface area contributed by atoms with Gasteiger partial charge in [-0.25, -0.2) is 4.39 Å². The standard InChI is InChI=1S/C7H12F4O2/c1-3-12-6(13-4-2)5(8)7(9,10)11/h5-6H,3-4H2,1-2H3/t5-/m1/s1. The molecule has 0 fully saturated rings. The van der Waals surface area contributed by atoms with Crippen molar-refractivity contribution in [2.75, 3.05) is 13.2 Å². The van der Waals surface area contributed by atoms with E-state index in [0.717, 1.165) is 0 Å². The summed E-state index contributed by atoms with van der Waals surface area (Å²) in [5, 5.41) is 0. The molecule has 0 unspecified atom stereocenters. The maximum Gasteiger partial charge on any atom is 0.424 e. The molecule has 0 aliphatic carbocycles. The molecule has 6 heteroatoms. The zero-order valence-corrected chi connectivity index (χ0v) is 7.40. The third kappa shape index (κ3) is 4.42. The van der Waals surface area contributed by atoms with Crippen LogP contribution < -0.4 is 0 Å². The van der Waals surface area contributed by atoms with E-state index in [0.29, 0.717) is 0 Å². The average Bonchev–Trinajstić information content (AvgIpc) is 2.01. The Morgan fingerprint density at radius 1 is 1.08 bits per heavy atom. The summed E-state index contributed by atoms with van der Waals surface area (Å²) in [6.45, 7) is 2.88. The lowest BCUT2D eigenvalue weighted by Crippen LogP contribution is -2.39. The van der Waals surface area contributed by atoms with E-state index < -0.39 is 18.6 Å². The molecule has 80 valence electrons. The quantitative estimate of drug-likeness (QED) is 0.505. The largest absolute Gasteiger partial charge is 0.424 e. The molecule has 0 saturated heterocycles. The fraction of sp³-hybridized carbons (Fsp3) is 1.00. The summed E-state index contributed by atoms with van der Waals surface area (Å²) in [5.74, 6) is 0. The van der Waals surface area contributed by atoms with E-state index in [9.17, 15) is 17.6 Å². The monoisotopic (exact) mass is 204 g/mol. The van der Waals surface area contributed by atoms with Gasteiger partial charge in [-0.2, -0.15) is 13.2 Å². The van der Waals surface area contributed by atoms with Gasteiger partial charge in [-0.3, -0.25) is 0 Å². The number of hydrogen-bond donors (Lipinski definition) is 0. The SMILES string of the molecule is CCOC(OCC)[C@@H](F)C(F)(F)F. The van der Waals surface area contributed by atoms with Crippen LogP contribution in [-0.4, -0.2) is 31.9 Å². The van der Waals surface area contributed by atoms with E-state index in [1.54, 1.807) is 0 Å². The Morgan fingerprint density at radius 2 is 1.46 bits per heavy atom. The van der Waals surface area contributed by atoms with E-state index >= 15 is 0 Å². The Bertz CT molecular complexity index is 131. The normalized spacial score (nSPS) is 15.0. The van der Waals surface area contributed by atoms with E-state index in [1.165, 1.54) is 13.8 Å². The van der Waals surface area contributed by atoms with E-state index in [-0.39, 0.29) is 13.2 Å². The first-order valence-corrected chi connectivity index (χ1v) is 3.87. The van der Waals surface area contributed by atoms with Crippen molar-refractivity contribution in [3.05, 3.63) is 0 Å².